The fraction of sp³-hybridized carbons (Fsp3) is 0.500. The lowest BCUT2D eigenvalue weighted by atomic mass is 10.1. The average molecular weight is 343 g/mol. The van der Waals surface area contributed by atoms with Gasteiger partial charge in [0.15, 0.2) is 0 Å². The van der Waals surface area contributed by atoms with Crippen LogP contribution < -0.4 is 10.5 Å². The number of ether oxygens (including phenoxy) is 1. The van der Waals surface area contributed by atoms with E-state index in [2.05, 4.69) is 20.8 Å². The predicted octanol–water partition coefficient (Wildman–Crippen LogP) is 2.95. The van der Waals surface area contributed by atoms with Crippen LogP contribution in [0.3, 0.4) is 0 Å². The molecule has 1 aliphatic heterocycles. The van der Waals surface area contributed by atoms with Gasteiger partial charge in [0.1, 0.15) is 17.3 Å². The lowest BCUT2D eigenvalue weighted by Gasteiger charge is -2.26. The number of rotatable bonds is 5. The van der Waals surface area contributed by atoms with Crippen molar-refractivity contribution in [3.05, 3.63) is 28.2 Å². The van der Waals surface area contributed by atoms with Gasteiger partial charge in [0.05, 0.1) is 5.56 Å². The van der Waals surface area contributed by atoms with Crippen molar-refractivity contribution in [2.24, 2.45) is 5.73 Å². The van der Waals surface area contributed by atoms with Crippen LogP contribution in [0.25, 0.3) is 0 Å². The zero-order chi connectivity index (χ0) is 13.7. The molecule has 2 N–H and O–H groups in total. The van der Waals surface area contributed by atoms with Crippen LogP contribution in [0.4, 0.5) is 0 Å². The Hall–Kier alpha value is -0.650. The molecule has 5 heteroatoms. The van der Waals surface area contributed by atoms with Crippen molar-refractivity contribution < 1.29 is 4.74 Å². The van der Waals surface area contributed by atoms with Crippen molar-refractivity contribution in [2.45, 2.75) is 19.3 Å². The minimum Gasteiger partial charge on any atom is -0.491 e. The van der Waals surface area contributed by atoms with Crippen LogP contribution in [0.15, 0.2) is 22.7 Å². The molecule has 1 aliphatic rings. The van der Waals surface area contributed by atoms with E-state index in [0.717, 1.165) is 22.3 Å². The van der Waals surface area contributed by atoms with Gasteiger partial charge in [-0.25, -0.2) is 0 Å². The molecule has 0 spiro atoms. The van der Waals surface area contributed by atoms with E-state index in [1.54, 1.807) is 0 Å². The molecule has 19 heavy (non-hydrogen) atoms. The number of nitrogens with zero attached hydrogens (tertiary/aromatic N) is 1. The fourth-order valence-corrected chi connectivity index (χ4v) is 2.80. The van der Waals surface area contributed by atoms with Crippen LogP contribution in [-0.4, -0.2) is 36.1 Å². The van der Waals surface area contributed by atoms with Crippen molar-refractivity contribution in [1.29, 1.82) is 0 Å². The lowest BCUT2D eigenvalue weighted by Crippen LogP contribution is -2.33. The predicted molar refractivity (Wildman–Crippen MR) is 85.8 cm³/mol. The zero-order valence-corrected chi connectivity index (χ0v) is 13.3. The Bertz CT molecular complexity index is 447. The SMILES string of the molecule is NC(=S)c1ccc(Br)cc1OCCN1CCCCC1. The van der Waals surface area contributed by atoms with E-state index < -0.39 is 0 Å². The van der Waals surface area contributed by atoms with Crippen LogP contribution in [0, 0.1) is 0 Å². The summed E-state index contributed by atoms with van der Waals surface area (Å²) in [5.74, 6) is 0.763. The molecule has 0 saturated carbocycles. The van der Waals surface area contributed by atoms with Gasteiger partial charge < -0.3 is 10.5 Å². The summed E-state index contributed by atoms with van der Waals surface area (Å²) in [7, 11) is 0. The Balaban J connectivity index is 1.91. The number of likely N-dealkylation sites (tertiary alicyclic amines) is 1. The Morgan fingerprint density at radius 1 is 1.32 bits per heavy atom. The minimum atomic E-state index is 0.375. The third kappa shape index (κ3) is 4.44. The topological polar surface area (TPSA) is 38.5 Å². The van der Waals surface area contributed by atoms with Crippen LogP contribution in [0.1, 0.15) is 24.8 Å². The first-order valence-corrected chi connectivity index (χ1v) is 7.81. The summed E-state index contributed by atoms with van der Waals surface area (Å²) < 4.78 is 6.82. The van der Waals surface area contributed by atoms with E-state index in [0.29, 0.717) is 11.6 Å². The first-order chi connectivity index (χ1) is 9.16. The summed E-state index contributed by atoms with van der Waals surface area (Å²) in [6, 6.07) is 5.74. The Morgan fingerprint density at radius 3 is 2.74 bits per heavy atom. The van der Waals surface area contributed by atoms with E-state index in [-0.39, 0.29) is 0 Å². The van der Waals surface area contributed by atoms with Gasteiger partial charge in [0.25, 0.3) is 0 Å². The van der Waals surface area contributed by atoms with Gasteiger partial charge >= 0.3 is 0 Å². The summed E-state index contributed by atoms with van der Waals surface area (Å²) in [6.07, 6.45) is 3.96. The number of nitrogens with two attached hydrogens (primary N) is 1. The third-order valence-corrected chi connectivity index (χ3v) is 4.04. The third-order valence-electron chi connectivity index (χ3n) is 3.32. The van der Waals surface area contributed by atoms with Gasteiger partial charge in [-0.2, -0.15) is 0 Å². The fourth-order valence-electron chi connectivity index (χ4n) is 2.29. The molecule has 0 bridgehead atoms. The monoisotopic (exact) mass is 342 g/mol. The molecule has 1 aromatic carbocycles. The van der Waals surface area contributed by atoms with E-state index in [1.165, 1.54) is 32.4 Å². The highest BCUT2D eigenvalue weighted by Crippen LogP contribution is 2.23. The van der Waals surface area contributed by atoms with Gasteiger partial charge in [-0.1, -0.05) is 34.6 Å². The molecule has 0 aliphatic carbocycles. The summed E-state index contributed by atoms with van der Waals surface area (Å²) in [5.41, 5.74) is 6.51. The minimum absolute atomic E-state index is 0.375. The van der Waals surface area contributed by atoms with Crippen molar-refractivity contribution in [3.8, 4) is 5.75 Å². The van der Waals surface area contributed by atoms with E-state index in [4.69, 9.17) is 22.7 Å². The molecule has 1 aromatic rings. The van der Waals surface area contributed by atoms with Gasteiger partial charge in [0, 0.05) is 11.0 Å². The highest BCUT2D eigenvalue weighted by molar-refractivity contribution is 9.10. The van der Waals surface area contributed by atoms with Crippen LogP contribution >= 0.6 is 28.1 Å². The van der Waals surface area contributed by atoms with E-state index >= 15 is 0 Å². The number of halogens is 1. The van der Waals surface area contributed by atoms with Crippen LogP contribution in [0.5, 0.6) is 5.75 Å². The maximum absolute atomic E-state index is 5.84. The molecule has 104 valence electrons. The highest BCUT2D eigenvalue weighted by atomic mass is 79.9. The largest absolute Gasteiger partial charge is 0.491 e. The summed E-state index contributed by atoms with van der Waals surface area (Å²) in [4.78, 5) is 2.82. The molecule has 1 heterocycles. The van der Waals surface area contributed by atoms with E-state index in [9.17, 15) is 0 Å². The molecular weight excluding hydrogens is 324 g/mol. The molecule has 2 rings (SSSR count). The maximum atomic E-state index is 5.84. The summed E-state index contributed by atoms with van der Waals surface area (Å²) in [5, 5.41) is 0. The second kappa shape index (κ2) is 7.22. The first kappa shape index (κ1) is 14.8. The molecule has 0 atom stereocenters. The molecule has 1 fully saturated rings. The molecule has 1 saturated heterocycles. The quantitative estimate of drug-likeness (QED) is 0.835. The maximum Gasteiger partial charge on any atom is 0.130 e. The smallest absolute Gasteiger partial charge is 0.130 e. The Kier molecular flexibility index (Phi) is 5.60. The summed E-state index contributed by atoms with van der Waals surface area (Å²) >= 11 is 8.48. The van der Waals surface area contributed by atoms with Gasteiger partial charge in [-0.05, 0) is 44.1 Å². The lowest BCUT2D eigenvalue weighted by molar-refractivity contribution is 0.183. The van der Waals surface area contributed by atoms with Crippen molar-refractivity contribution >= 4 is 33.1 Å². The number of piperidine rings is 1. The standard InChI is InChI=1S/C14H19BrN2OS/c15-11-4-5-12(14(16)19)13(10-11)18-9-8-17-6-2-1-3-7-17/h4-5,10H,1-3,6-9H2,(H2,16,19). The molecular formula is C14H19BrN2OS. The molecule has 3 nitrogen and oxygen atoms in total. The van der Waals surface area contributed by atoms with Gasteiger partial charge in [-0.3, -0.25) is 4.90 Å². The van der Waals surface area contributed by atoms with Crippen molar-refractivity contribution in [2.75, 3.05) is 26.2 Å². The van der Waals surface area contributed by atoms with Crippen molar-refractivity contribution in [1.82, 2.24) is 4.90 Å². The van der Waals surface area contributed by atoms with Gasteiger partial charge in [0.2, 0.25) is 0 Å². The van der Waals surface area contributed by atoms with Crippen LogP contribution in [-0.2, 0) is 0 Å². The van der Waals surface area contributed by atoms with Gasteiger partial charge in [-0.15, -0.1) is 0 Å². The summed E-state index contributed by atoms with van der Waals surface area (Å²) in [6.45, 7) is 4.00. The Labute approximate surface area is 128 Å². The Morgan fingerprint density at radius 2 is 2.05 bits per heavy atom. The zero-order valence-electron chi connectivity index (χ0n) is 10.9. The number of thiocarbonyl (C=S) groups is 1. The van der Waals surface area contributed by atoms with Crippen molar-refractivity contribution in [3.63, 3.8) is 0 Å². The number of benzene rings is 1. The molecule has 0 amide bonds. The highest BCUT2D eigenvalue weighted by Gasteiger charge is 2.11. The number of hydrogen-bond donors (Lipinski definition) is 1. The average Bonchev–Trinajstić information content (AvgIpc) is 2.39. The normalized spacial score (nSPS) is 16.3. The van der Waals surface area contributed by atoms with Crippen LogP contribution in [0.2, 0.25) is 0 Å². The molecule has 0 unspecified atom stereocenters. The molecule has 0 aromatic heterocycles. The number of hydrogen-bond acceptors (Lipinski definition) is 3. The second-order valence-electron chi connectivity index (χ2n) is 4.76. The first-order valence-electron chi connectivity index (χ1n) is 6.61. The second-order valence-corrected chi connectivity index (χ2v) is 6.11. The molecule has 0 radical (unpaired) electrons. The van der Waals surface area contributed by atoms with E-state index in [1.807, 2.05) is 18.2 Å².